The minimum atomic E-state index is -0.847. The van der Waals surface area contributed by atoms with Crippen LogP contribution >= 0.6 is 0 Å². The standard InChI is InChI=1S/C7H7FN2O.C6H6FN.C2H6/c8-4-2-1-3-5(9)6(4)7(10)11;7-5-1-3-6(8)4-2-5;1-2/h1-3H,9H2,(H2,10,11);1-4H,8H2;1-2H3. The molecule has 114 valence electrons. The maximum absolute atomic E-state index is 12.7. The monoisotopic (exact) mass is 295 g/mol. The Hall–Kier alpha value is -2.63. The average Bonchev–Trinajstić information content (AvgIpc) is 2.44. The largest absolute Gasteiger partial charge is 0.399 e. The van der Waals surface area contributed by atoms with Crippen LogP contribution in [0.25, 0.3) is 0 Å². The van der Waals surface area contributed by atoms with Crippen LogP contribution in [0.5, 0.6) is 0 Å². The number of benzene rings is 2. The van der Waals surface area contributed by atoms with Gasteiger partial charge in [0, 0.05) is 11.4 Å². The summed E-state index contributed by atoms with van der Waals surface area (Å²) in [5.41, 5.74) is 15.8. The number of anilines is 2. The van der Waals surface area contributed by atoms with E-state index in [1.807, 2.05) is 13.8 Å². The van der Waals surface area contributed by atoms with E-state index in [4.69, 9.17) is 17.2 Å². The number of carbonyl (C=O) groups is 1. The molecule has 0 bridgehead atoms. The first-order valence-corrected chi connectivity index (χ1v) is 6.26. The summed E-state index contributed by atoms with van der Waals surface area (Å²) in [6.45, 7) is 4.00. The molecule has 4 nitrogen and oxygen atoms in total. The highest BCUT2D eigenvalue weighted by atomic mass is 19.1. The van der Waals surface area contributed by atoms with Crippen LogP contribution in [-0.4, -0.2) is 5.91 Å². The molecule has 2 aromatic rings. The van der Waals surface area contributed by atoms with E-state index >= 15 is 0 Å². The summed E-state index contributed by atoms with van der Waals surface area (Å²) in [7, 11) is 0. The summed E-state index contributed by atoms with van der Waals surface area (Å²) in [5, 5.41) is 0. The highest BCUT2D eigenvalue weighted by molar-refractivity contribution is 5.98. The van der Waals surface area contributed by atoms with Gasteiger partial charge in [0.25, 0.3) is 5.91 Å². The molecule has 0 heterocycles. The predicted octanol–water partition coefficient (Wildman–Crippen LogP) is 2.94. The number of hydrogen-bond donors (Lipinski definition) is 3. The molecule has 1 amide bonds. The predicted molar refractivity (Wildman–Crippen MR) is 81.5 cm³/mol. The van der Waals surface area contributed by atoms with Gasteiger partial charge < -0.3 is 17.2 Å². The van der Waals surface area contributed by atoms with Gasteiger partial charge in [0.15, 0.2) is 0 Å². The van der Waals surface area contributed by atoms with Gasteiger partial charge in [0.05, 0.1) is 5.56 Å². The van der Waals surface area contributed by atoms with Crippen LogP contribution in [0.3, 0.4) is 0 Å². The van der Waals surface area contributed by atoms with Crippen molar-refractivity contribution in [2.45, 2.75) is 13.8 Å². The zero-order valence-corrected chi connectivity index (χ0v) is 11.9. The van der Waals surface area contributed by atoms with Crippen LogP contribution in [0, 0.1) is 11.6 Å². The van der Waals surface area contributed by atoms with Crippen molar-refractivity contribution in [1.82, 2.24) is 0 Å². The zero-order chi connectivity index (χ0) is 16.4. The second-order valence-electron chi connectivity index (χ2n) is 3.62. The van der Waals surface area contributed by atoms with E-state index in [0.29, 0.717) is 5.69 Å². The molecule has 0 saturated carbocycles. The topological polar surface area (TPSA) is 95.1 Å². The van der Waals surface area contributed by atoms with E-state index in [0.717, 1.165) is 6.07 Å². The molecule has 2 rings (SSSR count). The summed E-state index contributed by atoms with van der Waals surface area (Å²) in [6, 6.07) is 9.67. The van der Waals surface area contributed by atoms with Gasteiger partial charge in [-0.05, 0) is 36.4 Å². The number of nitrogens with two attached hydrogens (primary N) is 3. The molecule has 2 aromatic carbocycles. The van der Waals surface area contributed by atoms with Crippen molar-refractivity contribution in [3.63, 3.8) is 0 Å². The number of carbonyl (C=O) groups excluding carboxylic acids is 1. The molecule has 0 unspecified atom stereocenters. The summed E-state index contributed by atoms with van der Waals surface area (Å²) >= 11 is 0. The molecule has 0 aromatic heterocycles. The number of nitrogen functional groups attached to an aromatic ring is 2. The lowest BCUT2D eigenvalue weighted by Crippen LogP contribution is -2.15. The normalized spacial score (nSPS) is 8.76. The fourth-order valence-corrected chi connectivity index (χ4v) is 1.26. The first kappa shape index (κ1) is 18.4. The van der Waals surface area contributed by atoms with E-state index in [9.17, 15) is 13.6 Å². The first-order valence-electron chi connectivity index (χ1n) is 6.26. The molecule has 0 radical (unpaired) electrons. The van der Waals surface area contributed by atoms with E-state index in [1.165, 1.54) is 36.4 Å². The average molecular weight is 295 g/mol. The van der Waals surface area contributed by atoms with Gasteiger partial charge in [-0.1, -0.05) is 19.9 Å². The van der Waals surface area contributed by atoms with Crippen LogP contribution in [0.4, 0.5) is 20.2 Å². The Labute approximate surface area is 122 Å². The van der Waals surface area contributed by atoms with Gasteiger partial charge in [-0.15, -0.1) is 0 Å². The smallest absolute Gasteiger partial charge is 0.253 e. The van der Waals surface area contributed by atoms with Gasteiger partial charge >= 0.3 is 0 Å². The zero-order valence-electron chi connectivity index (χ0n) is 11.9. The number of amides is 1. The number of primary amides is 1. The van der Waals surface area contributed by atoms with Crippen molar-refractivity contribution >= 4 is 17.3 Å². The molecule has 6 heteroatoms. The minimum absolute atomic E-state index is 0.0671. The van der Waals surface area contributed by atoms with Crippen LogP contribution in [-0.2, 0) is 0 Å². The van der Waals surface area contributed by atoms with Gasteiger partial charge in [-0.25, -0.2) is 8.78 Å². The van der Waals surface area contributed by atoms with Crippen molar-refractivity contribution in [2.75, 3.05) is 11.5 Å². The third-order valence-electron chi connectivity index (χ3n) is 2.16. The molecule has 0 fully saturated rings. The maximum Gasteiger partial charge on any atom is 0.253 e. The lowest BCUT2D eigenvalue weighted by Gasteiger charge is -2.00. The van der Waals surface area contributed by atoms with Crippen LogP contribution in [0.2, 0.25) is 0 Å². The summed E-state index contributed by atoms with van der Waals surface area (Å²) < 4.78 is 24.8. The molecule has 0 atom stereocenters. The summed E-state index contributed by atoms with van der Waals surface area (Å²) in [5.74, 6) is -1.78. The summed E-state index contributed by atoms with van der Waals surface area (Å²) in [6.07, 6.45) is 0. The molecular formula is C15H19F2N3O. The molecular weight excluding hydrogens is 276 g/mol. The second kappa shape index (κ2) is 9.30. The Balaban J connectivity index is 0.000000354. The van der Waals surface area contributed by atoms with Gasteiger partial charge in [0.2, 0.25) is 0 Å². The number of rotatable bonds is 1. The van der Waals surface area contributed by atoms with Crippen LogP contribution < -0.4 is 17.2 Å². The third kappa shape index (κ3) is 6.38. The molecule has 0 aliphatic heterocycles. The molecule has 6 N–H and O–H groups in total. The van der Waals surface area contributed by atoms with Gasteiger partial charge in [-0.2, -0.15) is 0 Å². The summed E-state index contributed by atoms with van der Waals surface area (Å²) in [4.78, 5) is 10.5. The van der Waals surface area contributed by atoms with E-state index in [-0.39, 0.29) is 17.1 Å². The van der Waals surface area contributed by atoms with Crippen molar-refractivity contribution in [1.29, 1.82) is 0 Å². The van der Waals surface area contributed by atoms with Gasteiger partial charge in [-0.3, -0.25) is 4.79 Å². The van der Waals surface area contributed by atoms with Crippen molar-refractivity contribution in [2.24, 2.45) is 5.73 Å². The lowest BCUT2D eigenvalue weighted by atomic mass is 10.1. The third-order valence-corrected chi connectivity index (χ3v) is 2.16. The SMILES string of the molecule is CC.NC(=O)c1c(N)cccc1F.Nc1ccc(F)cc1. The molecule has 0 aliphatic carbocycles. The second-order valence-corrected chi connectivity index (χ2v) is 3.62. The Morgan fingerprint density at radius 3 is 1.81 bits per heavy atom. The highest BCUT2D eigenvalue weighted by Crippen LogP contribution is 2.13. The van der Waals surface area contributed by atoms with Crippen molar-refractivity contribution in [3.8, 4) is 0 Å². The van der Waals surface area contributed by atoms with Crippen molar-refractivity contribution in [3.05, 3.63) is 59.7 Å². The van der Waals surface area contributed by atoms with Crippen LogP contribution in [0.1, 0.15) is 24.2 Å². The van der Waals surface area contributed by atoms with E-state index < -0.39 is 11.7 Å². The Morgan fingerprint density at radius 1 is 0.952 bits per heavy atom. The maximum atomic E-state index is 12.7. The van der Waals surface area contributed by atoms with E-state index in [1.54, 1.807) is 0 Å². The molecule has 0 spiro atoms. The quantitative estimate of drug-likeness (QED) is 0.706. The first-order chi connectivity index (χ1) is 9.91. The molecule has 21 heavy (non-hydrogen) atoms. The van der Waals surface area contributed by atoms with Crippen LogP contribution in [0.15, 0.2) is 42.5 Å². The minimum Gasteiger partial charge on any atom is -0.399 e. The fourth-order valence-electron chi connectivity index (χ4n) is 1.26. The van der Waals surface area contributed by atoms with E-state index in [2.05, 4.69) is 0 Å². The number of hydrogen-bond acceptors (Lipinski definition) is 3. The van der Waals surface area contributed by atoms with Crippen molar-refractivity contribution < 1.29 is 13.6 Å². The number of halogens is 2. The molecule has 0 saturated heterocycles. The van der Waals surface area contributed by atoms with Gasteiger partial charge in [0.1, 0.15) is 11.6 Å². The highest BCUT2D eigenvalue weighted by Gasteiger charge is 2.10. The fraction of sp³-hybridized carbons (Fsp3) is 0.133. The lowest BCUT2D eigenvalue weighted by molar-refractivity contribution is 0.0997. The Bertz CT molecular complexity index is 530. The molecule has 0 aliphatic rings. The Kier molecular flexibility index (Phi) is 8.14. The Morgan fingerprint density at radius 2 is 1.48 bits per heavy atom.